The van der Waals surface area contributed by atoms with E-state index in [0.717, 1.165) is 0 Å². The predicted molar refractivity (Wildman–Crippen MR) is 18.5 cm³/mol. The highest BCUT2D eigenvalue weighted by Gasteiger charge is 1.87. The molecule has 4 heavy (non-hydrogen) atoms. The Morgan fingerprint density at radius 1 is 2.00 bits per heavy atom. The Bertz CT molecular complexity index is 10.8. The molecule has 0 atom stereocenters. The maximum atomic E-state index is 10.8. The van der Waals surface area contributed by atoms with Crippen molar-refractivity contribution < 1.29 is 4.11 Å². The molecule has 0 saturated heterocycles. The van der Waals surface area contributed by atoms with Gasteiger partial charge in [0.05, 0.1) is 9.76 Å². The molecule has 0 fully saturated rings. The minimum atomic E-state index is -2.10. The Kier molecular flexibility index (Phi) is 2.24. The lowest BCUT2D eigenvalue weighted by atomic mass is 18.9. The summed E-state index contributed by atoms with van der Waals surface area (Å²) < 4.78 is 10.8. The molecule has 22 valence electrons. The fourth-order valence-electron chi connectivity index (χ4n) is 0. The summed E-state index contributed by atoms with van der Waals surface area (Å²) in [6.45, 7) is 0. The average molecular weight is 111 g/mol. The number of hydrogen-bond acceptors (Lipinski definition) is 0. The van der Waals surface area contributed by atoms with Gasteiger partial charge in [0.1, 0.15) is 0 Å². The first-order valence-electron chi connectivity index (χ1n) is 0.628. The summed E-state index contributed by atoms with van der Waals surface area (Å²) in [5.74, 6) is 0. The van der Waals surface area contributed by atoms with Gasteiger partial charge in [-0.1, -0.05) is 0 Å². The van der Waals surface area contributed by atoms with Crippen LogP contribution in [0.3, 0.4) is 0 Å². The van der Waals surface area contributed by atoms with Gasteiger partial charge in [-0.3, -0.25) is 4.11 Å². The second-order valence-corrected chi connectivity index (χ2v) is 4.04. The highest BCUT2D eigenvalue weighted by atomic mass is 35.6. The number of rotatable bonds is 0. The van der Waals surface area contributed by atoms with Gasteiger partial charge >= 0.3 is 7.96 Å². The van der Waals surface area contributed by atoms with Gasteiger partial charge < -0.3 is 0 Å². The summed E-state index contributed by atoms with van der Waals surface area (Å²) in [4.78, 5) is 0. The predicted octanol–water partition coefficient (Wildman–Crippen LogP) is 0.348. The SMILES string of the molecule is F[Si]([Si])Cl. The molecule has 0 bridgehead atoms. The van der Waals surface area contributed by atoms with E-state index in [9.17, 15) is 4.11 Å². The topological polar surface area (TPSA) is 0 Å². The highest BCUT2D eigenvalue weighted by molar-refractivity contribution is 7.28. The second-order valence-electron chi connectivity index (χ2n) is 0.260. The highest BCUT2D eigenvalue weighted by Crippen LogP contribution is 1.76. The van der Waals surface area contributed by atoms with Gasteiger partial charge in [0.25, 0.3) is 0 Å². The average Bonchev–Trinajstić information content (AvgIpc) is 0.811. The number of halogens is 2. The van der Waals surface area contributed by atoms with Gasteiger partial charge in [-0.2, -0.15) is 0 Å². The molecule has 0 aromatic rings. The summed E-state index contributed by atoms with van der Waals surface area (Å²) in [6, 6.07) is 0. The van der Waals surface area contributed by atoms with Crippen molar-refractivity contribution in [3.05, 3.63) is 0 Å². The monoisotopic (exact) mass is 110 g/mol. The van der Waals surface area contributed by atoms with E-state index in [1.165, 1.54) is 0 Å². The van der Waals surface area contributed by atoms with Crippen LogP contribution >= 0.6 is 11.1 Å². The van der Waals surface area contributed by atoms with E-state index in [-0.39, 0.29) is 0 Å². The lowest BCUT2D eigenvalue weighted by Gasteiger charge is -1.64. The van der Waals surface area contributed by atoms with Gasteiger partial charge in [-0.05, 0) is 0 Å². The van der Waals surface area contributed by atoms with Crippen molar-refractivity contribution in [3.63, 3.8) is 0 Å². The van der Waals surface area contributed by atoms with Gasteiger partial charge in [0.15, 0.2) is 0 Å². The lowest BCUT2D eigenvalue weighted by Crippen LogP contribution is -1.87. The molecule has 0 heterocycles. The fraction of sp³-hybridized carbons (Fsp3) is 0. The molecule has 0 unspecified atom stereocenters. The van der Waals surface area contributed by atoms with E-state index in [2.05, 4.69) is 20.8 Å². The molecule has 0 aromatic heterocycles. The van der Waals surface area contributed by atoms with Crippen molar-refractivity contribution in [2.75, 3.05) is 0 Å². The zero-order valence-corrected chi connectivity index (χ0v) is 4.51. The zero-order valence-electron chi connectivity index (χ0n) is 1.76. The van der Waals surface area contributed by atoms with Crippen molar-refractivity contribution in [2.45, 2.75) is 0 Å². The van der Waals surface area contributed by atoms with Crippen LogP contribution in [-0.2, 0) is 0 Å². The third-order valence-corrected chi connectivity index (χ3v) is 0. The molecule has 0 amide bonds. The Morgan fingerprint density at radius 2 is 2.00 bits per heavy atom. The molecular weight excluding hydrogens is 111 g/mol. The lowest BCUT2D eigenvalue weighted by molar-refractivity contribution is 0.884. The molecular formula is ClFSi2. The van der Waals surface area contributed by atoms with Crippen LogP contribution in [0.4, 0.5) is 4.11 Å². The van der Waals surface area contributed by atoms with Crippen LogP contribution in [-0.4, -0.2) is 17.7 Å². The van der Waals surface area contributed by atoms with Crippen molar-refractivity contribution in [2.24, 2.45) is 0 Å². The third-order valence-electron chi connectivity index (χ3n) is 0. The molecule has 0 saturated carbocycles. The largest absolute Gasteiger partial charge is 0.346 e. The van der Waals surface area contributed by atoms with Gasteiger partial charge in [-0.25, -0.2) is 0 Å². The van der Waals surface area contributed by atoms with E-state index >= 15 is 0 Å². The molecule has 0 aromatic carbocycles. The van der Waals surface area contributed by atoms with E-state index < -0.39 is 7.96 Å². The smallest absolute Gasteiger partial charge is 0.298 e. The third kappa shape index (κ3) is 17.0. The van der Waals surface area contributed by atoms with Crippen molar-refractivity contribution in [1.29, 1.82) is 0 Å². The molecule has 0 nitrogen and oxygen atoms in total. The molecule has 0 aliphatic heterocycles. The van der Waals surface area contributed by atoms with Crippen LogP contribution in [0.1, 0.15) is 0 Å². The Balaban J connectivity index is 2.32. The van der Waals surface area contributed by atoms with E-state index in [4.69, 9.17) is 0 Å². The van der Waals surface area contributed by atoms with Crippen molar-refractivity contribution in [3.8, 4) is 0 Å². The molecule has 4 heteroatoms. The normalized spacial score (nSPS) is 9.00. The zero-order chi connectivity index (χ0) is 3.58. The van der Waals surface area contributed by atoms with Crippen molar-refractivity contribution >= 4 is 28.8 Å². The summed E-state index contributed by atoms with van der Waals surface area (Å²) in [5.41, 5.74) is 0. The van der Waals surface area contributed by atoms with Crippen LogP contribution in [0, 0.1) is 0 Å². The molecule has 4 radical (unpaired) electrons. The molecule has 0 aliphatic rings. The summed E-state index contributed by atoms with van der Waals surface area (Å²) in [6.07, 6.45) is 0. The fourth-order valence-corrected chi connectivity index (χ4v) is 0. The van der Waals surface area contributed by atoms with E-state index in [1.807, 2.05) is 0 Å². The van der Waals surface area contributed by atoms with E-state index in [0.29, 0.717) is 0 Å². The first-order chi connectivity index (χ1) is 1.73. The van der Waals surface area contributed by atoms with Crippen LogP contribution in [0.15, 0.2) is 0 Å². The minimum absolute atomic E-state index is 2.10. The quantitative estimate of drug-likeness (QED) is 0.312. The first-order valence-corrected chi connectivity index (χ1v) is 4.52. The summed E-state index contributed by atoms with van der Waals surface area (Å²) >= 11 is 4.62. The molecule has 0 spiro atoms. The van der Waals surface area contributed by atoms with Gasteiger partial charge in [-0.15, -0.1) is 11.1 Å². The molecule has 0 rings (SSSR count). The Morgan fingerprint density at radius 3 is 2.00 bits per heavy atom. The summed E-state index contributed by atoms with van der Waals surface area (Å²) in [5, 5.41) is 0. The molecule has 0 N–H and O–H groups in total. The maximum Gasteiger partial charge on any atom is 0.346 e. The first kappa shape index (κ1) is 4.65. The molecule has 0 aliphatic carbocycles. The Hall–Kier alpha value is 0.654. The maximum absolute atomic E-state index is 10.8. The van der Waals surface area contributed by atoms with E-state index in [1.54, 1.807) is 0 Å². The van der Waals surface area contributed by atoms with Crippen LogP contribution in [0.5, 0.6) is 0 Å². The van der Waals surface area contributed by atoms with Crippen LogP contribution in [0.25, 0.3) is 0 Å². The van der Waals surface area contributed by atoms with Crippen LogP contribution < -0.4 is 0 Å². The minimum Gasteiger partial charge on any atom is -0.298 e. The van der Waals surface area contributed by atoms with Gasteiger partial charge in [0.2, 0.25) is 0 Å². The summed E-state index contributed by atoms with van der Waals surface area (Å²) in [7, 11) is 0.410. The standard InChI is InChI=1S/ClFSi2/c1-4(2)3. The second kappa shape index (κ2) is 1.93. The van der Waals surface area contributed by atoms with Crippen molar-refractivity contribution in [1.82, 2.24) is 0 Å². The Labute approximate surface area is 33.7 Å². The van der Waals surface area contributed by atoms with Crippen LogP contribution in [0.2, 0.25) is 0 Å². The number of hydrogen-bond donors (Lipinski definition) is 0. The van der Waals surface area contributed by atoms with Gasteiger partial charge in [0, 0.05) is 0 Å².